The number of piperidine rings is 1. The highest BCUT2D eigenvalue weighted by atomic mass is 16.1. The Kier molecular flexibility index (Phi) is 2.62. The Balaban J connectivity index is 2.21. The molecule has 0 aromatic carbocycles. The van der Waals surface area contributed by atoms with E-state index in [1.165, 1.54) is 19.3 Å². The number of carbonyl (C=O) groups is 1. The van der Waals surface area contributed by atoms with Crippen LogP contribution in [0, 0.1) is 6.92 Å². The number of rotatable bonds is 2. The Morgan fingerprint density at radius 3 is 2.60 bits per heavy atom. The molecule has 0 spiro atoms. The molecule has 2 rings (SSSR count). The number of primary amides is 1. The summed E-state index contributed by atoms with van der Waals surface area (Å²) in [6.07, 6.45) is 5.51. The first-order valence-corrected chi connectivity index (χ1v) is 5.30. The number of amides is 1. The summed E-state index contributed by atoms with van der Waals surface area (Å²) in [5.41, 5.74) is 6.44. The molecule has 2 heterocycles. The molecule has 0 saturated carbocycles. The predicted octanol–water partition coefficient (Wildman–Crippen LogP) is 0.412. The first-order chi connectivity index (χ1) is 7.18. The van der Waals surface area contributed by atoms with Crippen LogP contribution >= 0.6 is 0 Å². The smallest absolute Gasteiger partial charge is 0.269 e. The van der Waals surface area contributed by atoms with Gasteiger partial charge in [0.1, 0.15) is 0 Å². The van der Waals surface area contributed by atoms with E-state index in [1.54, 1.807) is 4.79 Å². The van der Waals surface area contributed by atoms with Crippen molar-refractivity contribution in [2.45, 2.75) is 26.2 Å². The highest BCUT2D eigenvalue weighted by molar-refractivity contribution is 5.92. The Labute approximate surface area is 88.8 Å². The molecule has 0 aliphatic carbocycles. The van der Waals surface area contributed by atoms with Crippen LogP contribution in [0.2, 0.25) is 0 Å². The second-order valence-corrected chi connectivity index (χ2v) is 3.96. The van der Waals surface area contributed by atoms with Crippen LogP contribution < -0.4 is 10.7 Å². The number of nitrogens with two attached hydrogens (primary N) is 1. The zero-order chi connectivity index (χ0) is 10.8. The van der Waals surface area contributed by atoms with Gasteiger partial charge in [-0.3, -0.25) is 9.80 Å². The summed E-state index contributed by atoms with van der Waals surface area (Å²) in [7, 11) is 0. The fraction of sp³-hybridized carbons (Fsp3) is 0.600. The maximum atomic E-state index is 11.0. The lowest BCUT2D eigenvalue weighted by Crippen LogP contribution is -2.39. The van der Waals surface area contributed by atoms with Crippen LogP contribution in [0.4, 0.5) is 0 Å². The molecular weight excluding hydrogens is 192 g/mol. The van der Waals surface area contributed by atoms with Crippen molar-refractivity contribution < 1.29 is 4.79 Å². The summed E-state index contributed by atoms with van der Waals surface area (Å²) < 4.78 is 0. The zero-order valence-electron chi connectivity index (χ0n) is 8.94. The highest BCUT2D eigenvalue weighted by Crippen LogP contribution is 2.10. The quantitative estimate of drug-likeness (QED) is 0.765. The number of hydrogen-bond acceptors (Lipinski definition) is 3. The van der Waals surface area contributed by atoms with Gasteiger partial charge < -0.3 is 5.73 Å². The van der Waals surface area contributed by atoms with Crippen molar-refractivity contribution in [1.82, 2.24) is 9.89 Å². The first kappa shape index (κ1) is 10.0. The molecule has 1 aliphatic heterocycles. The molecule has 0 unspecified atom stereocenters. The van der Waals surface area contributed by atoms with E-state index in [1.807, 2.05) is 13.1 Å². The normalized spacial score (nSPS) is 16.7. The Hall–Kier alpha value is -1.52. The van der Waals surface area contributed by atoms with Crippen molar-refractivity contribution in [3.05, 3.63) is 17.5 Å². The van der Waals surface area contributed by atoms with Crippen molar-refractivity contribution in [1.29, 1.82) is 0 Å². The average Bonchev–Trinajstić information content (AvgIpc) is 2.62. The van der Waals surface area contributed by atoms with Crippen molar-refractivity contribution in [3.8, 4) is 0 Å². The van der Waals surface area contributed by atoms with Gasteiger partial charge >= 0.3 is 0 Å². The maximum Gasteiger partial charge on any atom is 0.269 e. The van der Waals surface area contributed by atoms with Gasteiger partial charge in [-0.25, -0.2) is 0 Å². The van der Waals surface area contributed by atoms with Crippen molar-refractivity contribution in [2.75, 3.05) is 18.1 Å². The van der Waals surface area contributed by atoms with E-state index in [2.05, 4.69) is 10.1 Å². The van der Waals surface area contributed by atoms with Crippen LogP contribution in [0.25, 0.3) is 0 Å². The Morgan fingerprint density at radius 2 is 2.07 bits per heavy atom. The van der Waals surface area contributed by atoms with Gasteiger partial charge in [0, 0.05) is 18.7 Å². The number of nitrogens with zero attached hydrogens (tertiary/aromatic N) is 3. The van der Waals surface area contributed by atoms with Gasteiger partial charge in [-0.2, -0.15) is 4.79 Å². The Bertz CT molecular complexity index is 365. The molecule has 5 heteroatoms. The van der Waals surface area contributed by atoms with Crippen LogP contribution in [0.15, 0.2) is 6.20 Å². The fourth-order valence-corrected chi connectivity index (χ4v) is 1.92. The summed E-state index contributed by atoms with van der Waals surface area (Å²) >= 11 is 0. The molecule has 1 aliphatic rings. The fourth-order valence-electron chi connectivity index (χ4n) is 1.92. The second-order valence-electron chi connectivity index (χ2n) is 3.96. The van der Waals surface area contributed by atoms with Gasteiger partial charge in [0.2, 0.25) is 0 Å². The standard InChI is InChI=1S/C10H16N4O/c1-8-7-14(12-9(8)10(11)15)13-5-3-2-4-6-13/h7H,2-6H2,1H3,(H2,11,15). The molecule has 1 fully saturated rings. The van der Waals surface area contributed by atoms with Crippen LogP contribution in [0.3, 0.4) is 0 Å². The minimum atomic E-state index is -0.455. The first-order valence-electron chi connectivity index (χ1n) is 5.30. The van der Waals surface area contributed by atoms with Gasteiger partial charge in [0.25, 0.3) is 5.91 Å². The number of aromatic nitrogens is 2. The maximum absolute atomic E-state index is 11.0. The van der Waals surface area contributed by atoms with E-state index in [0.717, 1.165) is 18.7 Å². The third-order valence-corrected chi connectivity index (χ3v) is 2.74. The molecule has 82 valence electrons. The van der Waals surface area contributed by atoms with Gasteiger partial charge in [-0.05, 0) is 26.2 Å². The van der Waals surface area contributed by atoms with Gasteiger partial charge in [-0.15, -0.1) is 5.10 Å². The average molecular weight is 208 g/mol. The van der Waals surface area contributed by atoms with Gasteiger partial charge in [0.05, 0.1) is 6.20 Å². The van der Waals surface area contributed by atoms with E-state index in [-0.39, 0.29) is 0 Å². The van der Waals surface area contributed by atoms with E-state index in [9.17, 15) is 4.79 Å². The van der Waals surface area contributed by atoms with Crippen molar-refractivity contribution in [2.24, 2.45) is 5.73 Å². The van der Waals surface area contributed by atoms with Crippen LogP contribution in [0.5, 0.6) is 0 Å². The molecule has 0 bridgehead atoms. The summed E-state index contributed by atoms with van der Waals surface area (Å²) in [4.78, 5) is 12.8. The van der Waals surface area contributed by atoms with E-state index >= 15 is 0 Å². The van der Waals surface area contributed by atoms with Crippen molar-refractivity contribution >= 4 is 5.91 Å². The predicted molar refractivity (Wildman–Crippen MR) is 57.3 cm³/mol. The lowest BCUT2D eigenvalue weighted by molar-refractivity contribution is 0.0994. The van der Waals surface area contributed by atoms with Crippen LogP contribution in [-0.2, 0) is 0 Å². The molecule has 1 aromatic heterocycles. The van der Waals surface area contributed by atoms with E-state index in [4.69, 9.17) is 5.73 Å². The SMILES string of the molecule is Cc1cn(N2CCCCC2)nc1C(N)=O. The molecule has 1 saturated heterocycles. The summed E-state index contributed by atoms with van der Waals surface area (Å²) in [5.74, 6) is -0.455. The second kappa shape index (κ2) is 3.92. The third kappa shape index (κ3) is 1.95. The summed E-state index contributed by atoms with van der Waals surface area (Å²) in [5, 5.41) is 6.34. The molecule has 15 heavy (non-hydrogen) atoms. The monoisotopic (exact) mass is 208 g/mol. The van der Waals surface area contributed by atoms with Crippen LogP contribution in [-0.4, -0.2) is 28.9 Å². The van der Waals surface area contributed by atoms with E-state index in [0.29, 0.717) is 5.69 Å². The molecule has 1 amide bonds. The topological polar surface area (TPSA) is 64.2 Å². The molecular formula is C10H16N4O. The highest BCUT2D eigenvalue weighted by Gasteiger charge is 2.15. The number of aryl methyl sites for hydroxylation is 1. The molecule has 2 N–H and O–H groups in total. The molecule has 5 nitrogen and oxygen atoms in total. The van der Waals surface area contributed by atoms with Gasteiger partial charge in [0.15, 0.2) is 5.69 Å². The van der Waals surface area contributed by atoms with Crippen LogP contribution in [0.1, 0.15) is 35.3 Å². The molecule has 1 aromatic rings. The van der Waals surface area contributed by atoms with Gasteiger partial charge in [-0.1, -0.05) is 0 Å². The lowest BCUT2D eigenvalue weighted by Gasteiger charge is -2.28. The summed E-state index contributed by atoms with van der Waals surface area (Å²) in [6, 6.07) is 0. The minimum absolute atomic E-state index is 0.376. The third-order valence-electron chi connectivity index (χ3n) is 2.74. The lowest BCUT2D eigenvalue weighted by atomic mass is 10.2. The number of hydrogen-bond donors (Lipinski definition) is 1. The zero-order valence-corrected chi connectivity index (χ0v) is 8.94. The Morgan fingerprint density at radius 1 is 1.40 bits per heavy atom. The molecule has 0 atom stereocenters. The summed E-state index contributed by atoms with van der Waals surface area (Å²) in [6.45, 7) is 3.85. The van der Waals surface area contributed by atoms with Crippen molar-refractivity contribution in [3.63, 3.8) is 0 Å². The molecule has 0 radical (unpaired) electrons. The largest absolute Gasteiger partial charge is 0.364 e. The number of carbonyl (C=O) groups excluding carboxylic acids is 1. The van der Waals surface area contributed by atoms with E-state index < -0.39 is 5.91 Å². The minimum Gasteiger partial charge on any atom is -0.364 e.